The molecule has 12 aromatic rings. The van der Waals surface area contributed by atoms with Gasteiger partial charge in [-0.05, 0) is 227 Å². The van der Waals surface area contributed by atoms with Gasteiger partial charge in [-0.2, -0.15) is 17.2 Å². The summed E-state index contributed by atoms with van der Waals surface area (Å²) in [6, 6.07) is 74.7. The standard InChI is InChI=1S/3C23H21NO5S.C22H19F2NO5S.CH4/c1-29-20-10-6-16(7-11-20)22-14-18-4-2-3-5-19(18)15-24(22)30(27,28)21-12-8-17(9-13-21)23(25)26;1-29-19-10-7-16-13-14-24(22(21(16)15-19)17-5-3-2-4-6-17)30(27,28)20-11-8-18(9-12-20)23(25)26;1-29-19-9-12-21-18(15-19)13-14-24(22(21)16-5-3-2-4-6-16)30(27,28)20-10-7-17(8-11-20)23(25)26;1-30-19-8-2-15(3-9-19)13-25(14-17-4-7-18(23)12-21(17)24)31(28,29)20-10-5-16(6-11-20)22(26)27;/h2-13,22H,14-15H2,1H3,(H,25,26);2*2-12,15,22H,13-14H2,1H3,(H,25,26);2-12H,13-14H2,1H3,(H,26,27);1H4. The lowest BCUT2D eigenvalue weighted by atomic mass is 9.89. The maximum absolute atomic E-state index is 14.2. The van der Waals surface area contributed by atoms with Crippen molar-refractivity contribution in [2.24, 2.45) is 0 Å². The Balaban J connectivity index is 0.000000158. The van der Waals surface area contributed by atoms with Crippen LogP contribution in [0.1, 0.15) is 128 Å². The Morgan fingerprint density at radius 3 is 1.22 bits per heavy atom. The predicted molar refractivity (Wildman–Crippen MR) is 452 cm³/mol. The van der Waals surface area contributed by atoms with Gasteiger partial charge in [0.05, 0.1) is 88.4 Å². The van der Waals surface area contributed by atoms with E-state index in [4.69, 9.17) is 39.4 Å². The zero-order valence-corrected chi connectivity index (χ0v) is 68.8. The summed E-state index contributed by atoms with van der Waals surface area (Å²) in [4.78, 5) is 44.5. The molecule has 122 heavy (non-hydrogen) atoms. The highest BCUT2D eigenvalue weighted by Gasteiger charge is 2.41. The third-order valence-corrected chi connectivity index (χ3v) is 28.2. The Morgan fingerprint density at radius 2 is 0.770 bits per heavy atom. The summed E-state index contributed by atoms with van der Waals surface area (Å²) in [6.45, 7) is 0.436. The second-order valence-electron chi connectivity index (χ2n) is 28.0. The number of hydrogen-bond acceptors (Lipinski definition) is 16. The molecule has 3 aliphatic heterocycles. The molecule has 0 spiro atoms. The molecule has 12 aromatic carbocycles. The van der Waals surface area contributed by atoms with Crippen molar-refractivity contribution in [1.82, 2.24) is 17.2 Å². The van der Waals surface area contributed by atoms with E-state index in [1.54, 1.807) is 45.6 Å². The van der Waals surface area contributed by atoms with Gasteiger partial charge in [0.15, 0.2) is 0 Å². The third kappa shape index (κ3) is 20.4. The number of benzene rings is 12. The average molecular weight is 1730 g/mol. The lowest BCUT2D eigenvalue weighted by Gasteiger charge is -2.37. The van der Waals surface area contributed by atoms with Gasteiger partial charge in [-0.25, -0.2) is 61.6 Å². The van der Waals surface area contributed by atoms with Gasteiger partial charge in [0.25, 0.3) is 0 Å². The van der Waals surface area contributed by atoms with Crippen LogP contribution in [0.2, 0.25) is 0 Å². The molecule has 0 aromatic heterocycles. The second-order valence-corrected chi connectivity index (χ2v) is 35.6. The van der Waals surface area contributed by atoms with Gasteiger partial charge >= 0.3 is 23.9 Å². The SMILES string of the molecule is C.COc1ccc(C2Cc3ccccc3CN2S(=O)(=O)c2ccc(C(=O)O)cc2)cc1.COc1ccc(CN(Cc2ccc(F)cc2F)S(=O)(=O)c2ccc(C(=O)O)cc2)cc1.COc1ccc2c(c1)C(c1ccccc1)N(S(=O)(=O)c1ccc(C(=O)O)cc1)CC2.COc1ccc2c(c1)CCN(S(=O)(=O)c1ccc(C(=O)O)cc1)C2c1ccccc1. The van der Waals surface area contributed by atoms with E-state index in [1.165, 1.54) is 123 Å². The van der Waals surface area contributed by atoms with E-state index in [0.717, 1.165) is 66.2 Å². The van der Waals surface area contributed by atoms with E-state index in [9.17, 15) is 61.6 Å². The van der Waals surface area contributed by atoms with Crippen LogP contribution in [-0.2, 0) is 79.0 Å². The third-order valence-electron chi connectivity index (χ3n) is 20.8. The zero-order chi connectivity index (χ0) is 86.5. The summed E-state index contributed by atoms with van der Waals surface area (Å²) in [6.07, 6.45) is 1.69. The van der Waals surface area contributed by atoms with Crippen molar-refractivity contribution < 1.29 is 101 Å². The molecule has 3 heterocycles. The quantitative estimate of drug-likeness (QED) is 0.0462. The number of sulfonamides is 4. The molecule has 4 N–H and O–H groups in total. The highest BCUT2D eigenvalue weighted by atomic mass is 32.2. The number of carboxylic acid groups (broad SMARTS) is 4. The maximum Gasteiger partial charge on any atom is 0.335 e. The Kier molecular flexibility index (Phi) is 28.9. The van der Waals surface area contributed by atoms with E-state index in [-0.39, 0.29) is 80.5 Å². The summed E-state index contributed by atoms with van der Waals surface area (Å²) >= 11 is 0. The summed E-state index contributed by atoms with van der Waals surface area (Å²) in [5, 5.41) is 36.3. The van der Waals surface area contributed by atoms with E-state index < -0.39 is 87.7 Å². The summed E-state index contributed by atoms with van der Waals surface area (Å²) in [5.41, 5.74) is 9.31. The van der Waals surface area contributed by atoms with Crippen LogP contribution in [0.5, 0.6) is 23.0 Å². The van der Waals surface area contributed by atoms with Crippen molar-refractivity contribution in [1.29, 1.82) is 0 Å². The molecule has 3 aliphatic rings. The molecular formula is C92H86F2N4O20S4. The number of rotatable bonds is 23. The highest BCUT2D eigenvalue weighted by molar-refractivity contribution is 7.90. The Bertz CT molecular complexity index is 6140. The first-order valence-corrected chi connectivity index (χ1v) is 43.3. The number of aromatic carboxylic acids is 4. The minimum atomic E-state index is -4.13. The zero-order valence-electron chi connectivity index (χ0n) is 65.5. The van der Waals surface area contributed by atoms with Crippen molar-refractivity contribution in [2.75, 3.05) is 41.5 Å². The van der Waals surface area contributed by atoms with Crippen molar-refractivity contribution in [3.8, 4) is 23.0 Å². The summed E-state index contributed by atoms with van der Waals surface area (Å²) in [7, 11) is -9.42. The molecule has 30 heteroatoms. The predicted octanol–water partition coefficient (Wildman–Crippen LogP) is 16.0. The Morgan fingerprint density at radius 1 is 0.377 bits per heavy atom. The number of halogens is 2. The molecule has 0 saturated carbocycles. The summed E-state index contributed by atoms with van der Waals surface area (Å²) < 4.78 is 162. The lowest BCUT2D eigenvalue weighted by molar-refractivity contribution is 0.0686. The molecule has 3 unspecified atom stereocenters. The van der Waals surface area contributed by atoms with Crippen LogP contribution in [0.4, 0.5) is 8.78 Å². The van der Waals surface area contributed by atoms with Crippen LogP contribution in [0, 0.1) is 11.6 Å². The fraction of sp³-hybridized carbons (Fsp3) is 0.174. The van der Waals surface area contributed by atoms with Crippen LogP contribution in [-0.4, -0.2) is 137 Å². The van der Waals surface area contributed by atoms with E-state index in [2.05, 4.69) is 0 Å². The van der Waals surface area contributed by atoms with Crippen molar-refractivity contribution in [2.45, 2.75) is 84.0 Å². The number of carbonyl (C=O) groups is 4. The van der Waals surface area contributed by atoms with Crippen LogP contribution in [0.15, 0.2) is 305 Å². The Labute approximate surface area is 706 Å². The molecule has 632 valence electrons. The molecule has 0 radical (unpaired) electrons. The molecule has 24 nitrogen and oxygen atoms in total. The van der Waals surface area contributed by atoms with Crippen LogP contribution >= 0.6 is 0 Å². The lowest BCUT2D eigenvalue weighted by Crippen LogP contribution is -2.40. The Hall–Kier alpha value is -12.8. The van der Waals surface area contributed by atoms with Gasteiger partial charge in [-0.3, -0.25) is 0 Å². The largest absolute Gasteiger partial charge is 0.497 e. The van der Waals surface area contributed by atoms with Crippen LogP contribution in [0.3, 0.4) is 0 Å². The maximum atomic E-state index is 14.2. The number of carboxylic acids is 4. The van der Waals surface area contributed by atoms with E-state index in [1.807, 2.05) is 146 Å². The number of nitrogens with zero attached hydrogens (tertiary/aromatic N) is 4. The number of methoxy groups -OCH3 is 4. The normalized spacial score (nSPS) is 15.2. The van der Waals surface area contributed by atoms with Crippen LogP contribution in [0.25, 0.3) is 0 Å². The molecular weight excluding hydrogens is 1650 g/mol. The van der Waals surface area contributed by atoms with E-state index >= 15 is 0 Å². The summed E-state index contributed by atoms with van der Waals surface area (Å²) in [5.74, 6) is -3.41. The number of ether oxygens (including phenoxy) is 4. The van der Waals surface area contributed by atoms with Gasteiger partial charge < -0.3 is 39.4 Å². The first-order valence-electron chi connectivity index (χ1n) is 37.5. The van der Waals surface area contributed by atoms with Gasteiger partial charge in [0.1, 0.15) is 34.6 Å². The van der Waals surface area contributed by atoms with Crippen molar-refractivity contribution in [3.05, 3.63) is 380 Å². The topological polar surface area (TPSA) is 336 Å². The van der Waals surface area contributed by atoms with Crippen molar-refractivity contribution in [3.63, 3.8) is 0 Å². The number of hydrogen-bond donors (Lipinski definition) is 4. The molecule has 0 fully saturated rings. The first kappa shape index (κ1) is 90.0. The van der Waals surface area contributed by atoms with Gasteiger partial charge in [-0.15, -0.1) is 0 Å². The minimum absolute atomic E-state index is 0. The molecule has 15 rings (SSSR count). The monoisotopic (exact) mass is 1730 g/mol. The minimum Gasteiger partial charge on any atom is -0.497 e. The van der Waals surface area contributed by atoms with Gasteiger partial charge in [0.2, 0.25) is 40.1 Å². The van der Waals surface area contributed by atoms with Gasteiger partial charge in [0, 0.05) is 44.4 Å². The molecule has 3 atom stereocenters. The van der Waals surface area contributed by atoms with E-state index in [0.29, 0.717) is 61.2 Å². The van der Waals surface area contributed by atoms with Gasteiger partial charge in [-0.1, -0.05) is 135 Å². The average Bonchev–Trinajstić information content (AvgIpc) is 0.804. The number of fused-ring (bicyclic) bond motifs is 3. The highest BCUT2D eigenvalue weighted by Crippen LogP contribution is 2.44. The first-order chi connectivity index (χ1) is 57.9. The smallest absolute Gasteiger partial charge is 0.335 e. The fourth-order valence-corrected chi connectivity index (χ4v) is 20.6. The fourth-order valence-electron chi connectivity index (χ4n) is 14.4. The van der Waals surface area contributed by atoms with Crippen LogP contribution < -0.4 is 18.9 Å². The molecule has 0 saturated heterocycles. The molecule has 0 amide bonds. The second kappa shape index (κ2) is 39.2. The molecule has 0 aliphatic carbocycles. The molecule has 0 bridgehead atoms. The van der Waals surface area contributed by atoms with Crippen molar-refractivity contribution >= 4 is 64.0 Å².